The number of halogens is 4. The molecular formula is C23H23F4NO. The lowest BCUT2D eigenvalue weighted by Gasteiger charge is -2.38. The number of benzene rings is 2. The molecule has 3 rings (SSSR count). The van der Waals surface area contributed by atoms with Crippen molar-refractivity contribution in [1.82, 2.24) is 4.98 Å². The van der Waals surface area contributed by atoms with E-state index in [-0.39, 0.29) is 0 Å². The van der Waals surface area contributed by atoms with Gasteiger partial charge < -0.3 is 5.11 Å². The maximum atomic E-state index is 14.0. The molecule has 0 saturated carbocycles. The number of aryl methyl sites for hydroxylation is 1. The summed E-state index contributed by atoms with van der Waals surface area (Å²) in [5.74, 6) is -0.526. The van der Waals surface area contributed by atoms with E-state index in [9.17, 15) is 22.7 Å². The van der Waals surface area contributed by atoms with Crippen LogP contribution in [0.4, 0.5) is 17.6 Å². The summed E-state index contributed by atoms with van der Waals surface area (Å²) >= 11 is 0. The lowest BCUT2D eigenvalue weighted by molar-refractivity contribution is -0.266. The maximum absolute atomic E-state index is 14.0. The average molecular weight is 405 g/mol. The van der Waals surface area contributed by atoms with Gasteiger partial charge in [0.25, 0.3) is 0 Å². The summed E-state index contributed by atoms with van der Waals surface area (Å²) in [6.45, 7) is 5.03. The van der Waals surface area contributed by atoms with Crippen molar-refractivity contribution in [2.75, 3.05) is 0 Å². The summed E-state index contributed by atoms with van der Waals surface area (Å²) in [6, 6.07) is 12.3. The van der Waals surface area contributed by atoms with Crippen LogP contribution in [-0.2, 0) is 11.8 Å². The summed E-state index contributed by atoms with van der Waals surface area (Å²) in [5, 5.41) is 11.4. The molecule has 29 heavy (non-hydrogen) atoms. The highest BCUT2D eigenvalue weighted by molar-refractivity contribution is 5.82. The van der Waals surface area contributed by atoms with Crippen molar-refractivity contribution >= 4 is 10.9 Å². The van der Waals surface area contributed by atoms with Gasteiger partial charge in [-0.1, -0.05) is 38.1 Å². The van der Waals surface area contributed by atoms with E-state index >= 15 is 0 Å². The topological polar surface area (TPSA) is 33.1 Å². The number of nitrogens with zero attached hydrogens (tertiary/aromatic N) is 1. The minimum Gasteiger partial charge on any atom is -0.380 e. The van der Waals surface area contributed by atoms with Crippen LogP contribution in [-0.4, -0.2) is 21.9 Å². The van der Waals surface area contributed by atoms with E-state index in [0.717, 1.165) is 5.56 Å². The van der Waals surface area contributed by atoms with Crippen LogP contribution in [0.2, 0.25) is 0 Å². The first-order valence-corrected chi connectivity index (χ1v) is 9.31. The van der Waals surface area contributed by atoms with Crippen molar-refractivity contribution in [2.45, 2.75) is 50.8 Å². The summed E-state index contributed by atoms with van der Waals surface area (Å²) in [4.78, 5) is 4.22. The second kappa shape index (κ2) is 7.41. The molecule has 154 valence electrons. The van der Waals surface area contributed by atoms with Crippen molar-refractivity contribution in [3.05, 3.63) is 77.2 Å². The van der Waals surface area contributed by atoms with E-state index in [2.05, 4.69) is 4.98 Å². The molecule has 1 unspecified atom stereocenters. The Hall–Kier alpha value is -2.47. The molecule has 0 saturated heterocycles. The van der Waals surface area contributed by atoms with Gasteiger partial charge in [0.05, 0.1) is 5.52 Å². The molecule has 0 radical (unpaired) electrons. The fourth-order valence-corrected chi connectivity index (χ4v) is 3.79. The largest absolute Gasteiger partial charge is 0.417 e. The normalized spacial score (nSPS) is 14.8. The SMILES string of the molecule is Cc1ccc2c(CC(O)(CC(C)(C)c3cccc(F)c3)C(F)(F)F)ccnc2c1. The Bertz CT molecular complexity index is 1030. The van der Waals surface area contributed by atoms with Gasteiger partial charge >= 0.3 is 6.18 Å². The molecule has 1 atom stereocenters. The molecule has 3 aromatic rings. The van der Waals surface area contributed by atoms with E-state index in [4.69, 9.17) is 0 Å². The molecule has 0 spiro atoms. The van der Waals surface area contributed by atoms with Crippen LogP contribution in [0.15, 0.2) is 54.7 Å². The highest BCUT2D eigenvalue weighted by Gasteiger charge is 2.55. The van der Waals surface area contributed by atoms with E-state index < -0.39 is 35.9 Å². The van der Waals surface area contributed by atoms with Crippen LogP contribution < -0.4 is 0 Å². The molecule has 6 heteroatoms. The Morgan fingerprint density at radius 1 is 1.00 bits per heavy atom. The molecule has 1 N–H and O–H groups in total. The Labute approximate surface area is 167 Å². The molecule has 0 aliphatic carbocycles. The predicted molar refractivity (Wildman–Crippen MR) is 105 cm³/mol. The summed E-state index contributed by atoms with van der Waals surface area (Å²) in [6.07, 6.45) is -4.64. The van der Waals surface area contributed by atoms with Gasteiger partial charge in [0, 0.05) is 18.0 Å². The van der Waals surface area contributed by atoms with E-state index in [1.807, 2.05) is 6.92 Å². The van der Waals surface area contributed by atoms with Gasteiger partial charge in [0.2, 0.25) is 0 Å². The Morgan fingerprint density at radius 2 is 1.72 bits per heavy atom. The second-order valence-electron chi connectivity index (χ2n) is 8.27. The summed E-state index contributed by atoms with van der Waals surface area (Å²) in [7, 11) is 0. The molecule has 0 fully saturated rings. The number of hydrogen-bond acceptors (Lipinski definition) is 2. The fraction of sp³-hybridized carbons (Fsp3) is 0.348. The van der Waals surface area contributed by atoms with Gasteiger partial charge in [-0.05, 0) is 59.7 Å². The van der Waals surface area contributed by atoms with Crippen molar-refractivity contribution in [2.24, 2.45) is 0 Å². The molecule has 2 nitrogen and oxygen atoms in total. The van der Waals surface area contributed by atoms with Gasteiger partial charge in [0.1, 0.15) is 5.82 Å². The summed E-state index contributed by atoms with van der Waals surface area (Å²) in [5.41, 5.74) is -1.80. The quantitative estimate of drug-likeness (QED) is 0.537. The molecule has 0 aliphatic rings. The molecule has 2 aromatic carbocycles. The zero-order valence-electron chi connectivity index (χ0n) is 16.5. The third-order valence-corrected chi connectivity index (χ3v) is 5.34. The van der Waals surface area contributed by atoms with Crippen LogP contribution in [0.25, 0.3) is 10.9 Å². The number of alkyl halides is 3. The van der Waals surface area contributed by atoms with Gasteiger partial charge in [-0.3, -0.25) is 4.98 Å². The molecule has 0 aliphatic heterocycles. The zero-order valence-corrected chi connectivity index (χ0v) is 16.5. The number of aromatic nitrogens is 1. The van der Waals surface area contributed by atoms with E-state index in [1.165, 1.54) is 30.5 Å². The standard InChI is InChI=1S/C23H23F4NO/c1-15-7-8-19-16(9-10-28-20(19)11-15)13-22(29,23(25,26)27)14-21(2,3)17-5-4-6-18(24)12-17/h4-12,29H,13-14H2,1-3H3. The third-order valence-electron chi connectivity index (χ3n) is 5.34. The predicted octanol–water partition coefficient (Wildman–Crippen LogP) is 5.89. The van der Waals surface area contributed by atoms with Crippen LogP contribution in [0.1, 0.15) is 37.0 Å². The lowest BCUT2D eigenvalue weighted by Crippen LogP contribution is -2.50. The van der Waals surface area contributed by atoms with Crippen molar-refractivity contribution in [1.29, 1.82) is 0 Å². The molecule has 1 aromatic heterocycles. The first-order valence-electron chi connectivity index (χ1n) is 9.31. The minimum atomic E-state index is -4.86. The van der Waals surface area contributed by atoms with E-state index in [0.29, 0.717) is 22.0 Å². The van der Waals surface area contributed by atoms with Gasteiger partial charge in [-0.25, -0.2) is 4.39 Å². The van der Waals surface area contributed by atoms with Crippen LogP contribution >= 0.6 is 0 Å². The highest BCUT2D eigenvalue weighted by atomic mass is 19.4. The number of fused-ring (bicyclic) bond motifs is 1. The van der Waals surface area contributed by atoms with Gasteiger partial charge in [-0.2, -0.15) is 13.2 Å². The fourth-order valence-electron chi connectivity index (χ4n) is 3.79. The second-order valence-corrected chi connectivity index (χ2v) is 8.27. The average Bonchev–Trinajstić information content (AvgIpc) is 2.60. The number of pyridine rings is 1. The lowest BCUT2D eigenvalue weighted by atomic mass is 9.73. The Morgan fingerprint density at radius 3 is 2.38 bits per heavy atom. The smallest absolute Gasteiger partial charge is 0.380 e. The third kappa shape index (κ3) is 4.42. The first kappa shape index (κ1) is 21.2. The molecule has 0 amide bonds. The van der Waals surface area contributed by atoms with Crippen LogP contribution in [0, 0.1) is 12.7 Å². The molecule has 1 heterocycles. The van der Waals surface area contributed by atoms with Crippen molar-refractivity contribution < 1.29 is 22.7 Å². The van der Waals surface area contributed by atoms with Crippen LogP contribution in [0.3, 0.4) is 0 Å². The number of hydrogen-bond donors (Lipinski definition) is 1. The van der Waals surface area contributed by atoms with Gasteiger partial charge in [-0.15, -0.1) is 0 Å². The number of rotatable bonds is 5. The van der Waals surface area contributed by atoms with Gasteiger partial charge in [0.15, 0.2) is 5.60 Å². The molecule has 0 bridgehead atoms. The van der Waals surface area contributed by atoms with Crippen molar-refractivity contribution in [3.63, 3.8) is 0 Å². The molecular weight excluding hydrogens is 382 g/mol. The first-order chi connectivity index (χ1) is 13.4. The Kier molecular flexibility index (Phi) is 5.43. The van der Waals surface area contributed by atoms with E-state index in [1.54, 1.807) is 38.1 Å². The van der Waals surface area contributed by atoms with Crippen LogP contribution in [0.5, 0.6) is 0 Å². The minimum absolute atomic E-state index is 0.366. The maximum Gasteiger partial charge on any atom is 0.417 e. The zero-order chi connectivity index (χ0) is 21.4. The summed E-state index contributed by atoms with van der Waals surface area (Å²) < 4.78 is 55.7. The number of aliphatic hydroxyl groups is 1. The Balaban J connectivity index is 2.02. The van der Waals surface area contributed by atoms with Crippen molar-refractivity contribution in [3.8, 4) is 0 Å². The highest BCUT2D eigenvalue weighted by Crippen LogP contribution is 2.43. The monoisotopic (exact) mass is 405 g/mol.